The van der Waals surface area contributed by atoms with E-state index in [9.17, 15) is 9.59 Å². The molecular weight excluding hydrogens is 332 g/mol. The van der Waals surface area contributed by atoms with Gasteiger partial charge >= 0.3 is 5.76 Å². The van der Waals surface area contributed by atoms with Gasteiger partial charge in [-0.05, 0) is 30.7 Å². The Morgan fingerprint density at radius 3 is 2.81 bits per heavy atom. The third-order valence-corrected chi connectivity index (χ3v) is 4.22. The van der Waals surface area contributed by atoms with Gasteiger partial charge in [-0.25, -0.2) is 4.79 Å². The highest BCUT2D eigenvalue weighted by molar-refractivity contribution is 5.96. The maximum absolute atomic E-state index is 12.5. The number of rotatable bonds is 4. The highest BCUT2D eigenvalue weighted by atomic mass is 16.5. The minimum atomic E-state index is -0.621. The van der Waals surface area contributed by atoms with Gasteiger partial charge in [0.25, 0.3) is 0 Å². The molecule has 0 spiro atoms. The summed E-state index contributed by atoms with van der Waals surface area (Å²) in [6.07, 6.45) is 0.265. The lowest BCUT2D eigenvalue weighted by Crippen LogP contribution is -2.14. The molecule has 0 aliphatic rings. The summed E-state index contributed by atoms with van der Waals surface area (Å²) in [5.41, 5.74) is 4.25. The Kier molecular flexibility index (Phi) is 3.89. The molecule has 0 aliphatic heterocycles. The number of fused-ring (bicyclic) bond motifs is 1. The predicted octanol–water partition coefficient (Wildman–Crippen LogP) is 3.00. The highest BCUT2D eigenvalue weighted by Gasteiger charge is 2.13. The molecule has 2 aromatic carbocycles. The summed E-state index contributed by atoms with van der Waals surface area (Å²) in [5.74, 6) is -0.425. The number of hydrogen-bond acceptors (Lipinski definition) is 4. The second kappa shape index (κ2) is 6.36. The lowest BCUT2D eigenvalue weighted by atomic mass is 10.1. The van der Waals surface area contributed by atoms with Crippen LogP contribution in [-0.2, 0) is 11.2 Å². The van der Waals surface area contributed by atoms with E-state index in [-0.39, 0.29) is 12.3 Å². The number of nitrogens with one attached hydrogen (secondary N) is 3. The Balaban J connectivity index is 1.55. The lowest BCUT2D eigenvalue weighted by molar-refractivity contribution is -0.115. The summed E-state index contributed by atoms with van der Waals surface area (Å²) in [6.45, 7) is 1.96. The molecule has 0 atom stereocenters. The normalized spacial score (nSPS) is 11.0. The van der Waals surface area contributed by atoms with E-state index in [1.807, 2.05) is 31.2 Å². The van der Waals surface area contributed by atoms with Crippen LogP contribution in [0.3, 0.4) is 0 Å². The third-order valence-electron chi connectivity index (χ3n) is 4.22. The van der Waals surface area contributed by atoms with Crippen molar-refractivity contribution in [2.45, 2.75) is 13.3 Å². The molecule has 0 fully saturated rings. The van der Waals surface area contributed by atoms with Crippen LogP contribution in [0.15, 0.2) is 57.8 Å². The molecule has 4 aromatic rings. The van der Waals surface area contributed by atoms with Crippen molar-refractivity contribution in [2.75, 3.05) is 5.32 Å². The van der Waals surface area contributed by atoms with Gasteiger partial charge in [0.1, 0.15) is 0 Å². The van der Waals surface area contributed by atoms with Crippen molar-refractivity contribution in [1.29, 1.82) is 0 Å². The quantitative estimate of drug-likeness (QED) is 0.527. The van der Waals surface area contributed by atoms with Crippen molar-refractivity contribution in [3.8, 4) is 11.4 Å². The zero-order chi connectivity index (χ0) is 18.1. The largest absolute Gasteiger partial charge is 0.439 e. The topological polar surface area (TPSA) is 104 Å². The minimum absolute atomic E-state index is 0.122. The number of aromatic nitrogens is 3. The molecule has 130 valence electrons. The Morgan fingerprint density at radius 2 is 2.00 bits per heavy atom. The monoisotopic (exact) mass is 348 g/mol. The van der Waals surface area contributed by atoms with Crippen molar-refractivity contribution < 1.29 is 9.32 Å². The van der Waals surface area contributed by atoms with Gasteiger partial charge in [0, 0.05) is 27.8 Å². The van der Waals surface area contributed by atoms with E-state index in [1.165, 1.54) is 0 Å². The first-order chi connectivity index (χ1) is 12.6. The number of aryl methyl sites for hydroxylation is 1. The van der Waals surface area contributed by atoms with Crippen LogP contribution in [0.5, 0.6) is 0 Å². The number of para-hydroxylation sites is 1. The van der Waals surface area contributed by atoms with Gasteiger partial charge in [-0.2, -0.15) is 0 Å². The Bertz CT molecular complexity index is 1150. The van der Waals surface area contributed by atoms with Gasteiger partial charge in [-0.1, -0.05) is 35.5 Å². The Labute approximate surface area is 148 Å². The molecular formula is C19H16N4O3. The van der Waals surface area contributed by atoms with Crippen LogP contribution in [0.2, 0.25) is 0 Å². The number of carbonyl (C=O) groups is 1. The molecule has 3 N–H and O–H groups in total. The molecule has 26 heavy (non-hydrogen) atoms. The highest BCUT2D eigenvalue weighted by Crippen LogP contribution is 2.23. The second-order valence-corrected chi connectivity index (χ2v) is 6.02. The standard InChI is InChI=1S/C19H16N4O3/c1-11-15(14-7-2-3-8-16(14)20-11)10-17(24)21-13-6-4-5-12(9-13)18-22-19(25)26-23-18/h2-9,20H,10H2,1H3,(H,21,24)(H,22,23,25). The van der Waals surface area contributed by atoms with Gasteiger partial charge in [0.15, 0.2) is 5.82 Å². The predicted molar refractivity (Wildman–Crippen MR) is 97.9 cm³/mol. The fourth-order valence-electron chi connectivity index (χ4n) is 3.03. The maximum Gasteiger partial charge on any atom is 0.439 e. The number of benzene rings is 2. The molecule has 4 rings (SSSR count). The molecule has 0 saturated carbocycles. The molecule has 7 nitrogen and oxygen atoms in total. The van der Waals surface area contributed by atoms with Crippen molar-refractivity contribution in [3.63, 3.8) is 0 Å². The number of hydrogen-bond donors (Lipinski definition) is 3. The fourth-order valence-corrected chi connectivity index (χ4v) is 3.03. The van der Waals surface area contributed by atoms with Crippen LogP contribution in [-0.4, -0.2) is 21.0 Å². The Hall–Kier alpha value is -3.61. The van der Waals surface area contributed by atoms with E-state index in [4.69, 9.17) is 0 Å². The zero-order valence-electron chi connectivity index (χ0n) is 14.0. The van der Waals surface area contributed by atoms with Gasteiger partial charge < -0.3 is 10.3 Å². The average molecular weight is 348 g/mol. The van der Waals surface area contributed by atoms with E-state index < -0.39 is 5.76 Å². The second-order valence-electron chi connectivity index (χ2n) is 6.02. The van der Waals surface area contributed by atoms with Gasteiger partial charge in [-0.3, -0.25) is 14.3 Å². The Morgan fingerprint density at radius 1 is 1.15 bits per heavy atom. The van der Waals surface area contributed by atoms with Gasteiger partial charge in [0.05, 0.1) is 6.42 Å². The van der Waals surface area contributed by atoms with Crippen molar-refractivity contribution in [1.82, 2.24) is 15.1 Å². The number of amides is 1. The van der Waals surface area contributed by atoms with Crippen LogP contribution >= 0.6 is 0 Å². The molecule has 0 aliphatic carbocycles. The molecule has 0 saturated heterocycles. The number of H-pyrrole nitrogens is 2. The van der Waals surface area contributed by atoms with E-state index >= 15 is 0 Å². The molecule has 2 aromatic heterocycles. The molecule has 2 heterocycles. The van der Waals surface area contributed by atoms with Crippen LogP contribution in [0.4, 0.5) is 5.69 Å². The molecule has 0 unspecified atom stereocenters. The van der Waals surface area contributed by atoms with E-state index in [1.54, 1.807) is 24.3 Å². The lowest BCUT2D eigenvalue weighted by Gasteiger charge is -2.07. The summed E-state index contributed by atoms with van der Waals surface area (Å²) in [4.78, 5) is 29.4. The first-order valence-electron chi connectivity index (χ1n) is 8.12. The molecule has 1 amide bonds. The number of anilines is 1. The van der Waals surface area contributed by atoms with Crippen LogP contribution in [0.1, 0.15) is 11.3 Å². The number of carbonyl (C=O) groups excluding carboxylic acids is 1. The van der Waals surface area contributed by atoms with Crippen molar-refractivity contribution in [3.05, 3.63) is 70.3 Å². The van der Waals surface area contributed by atoms with Crippen LogP contribution in [0, 0.1) is 6.92 Å². The van der Waals surface area contributed by atoms with E-state index in [0.717, 1.165) is 22.2 Å². The smallest absolute Gasteiger partial charge is 0.358 e. The van der Waals surface area contributed by atoms with Crippen molar-refractivity contribution in [2.24, 2.45) is 0 Å². The summed E-state index contributed by atoms with van der Waals surface area (Å²) in [5, 5.41) is 7.59. The van der Waals surface area contributed by atoms with E-state index in [2.05, 4.69) is 25.0 Å². The summed E-state index contributed by atoms with van der Waals surface area (Å²) in [7, 11) is 0. The summed E-state index contributed by atoms with van der Waals surface area (Å²) >= 11 is 0. The van der Waals surface area contributed by atoms with Gasteiger partial charge in [0.2, 0.25) is 5.91 Å². The minimum Gasteiger partial charge on any atom is -0.358 e. The molecule has 7 heteroatoms. The maximum atomic E-state index is 12.5. The first kappa shape index (κ1) is 15.9. The van der Waals surface area contributed by atoms with Crippen LogP contribution < -0.4 is 11.1 Å². The average Bonchev–Trinajstić information content (AvgIpc) is 3.19. The van der Waals surface area contributed by atoms with Crippen LogP contribution in [0.25, 0.3) is 22.3 Å². The SMILES string of the molecule is Cc1[nH]c2ccccc2c1CC(=O)Nc1cccc(-c2noc(=O)[nH]2)c1. The first-order valence-corrected chi connectivity index (χ1v) is 8.12. The van der Waals surface area contributed by atoms with Gasteiger partial charge in [-0.15, -0.1) is 0 Å². The zero-order valence-corrected chi connectivity index (χ0v) is 14.0. The summed E-state index contributed by atoms with van der Waals surface area (Å²) < 4.78 is 4.51. The third kappa shape index (κ3) is 3.02. The molecule has 0 bridgehead atoms. The number of aromatic amines is 2. The number of nitrogens with zero attached hydrogens (tertiary/aromatic N) is 1. The van der Waals surface area contributed by atoms with Crippen molar-refractivity contribution >= 4 is 22.5 Å². The fraction of sp³-hybridized carbons (Fsp3) is 0.105. The van der Waals surface area contributed by atoms with E-state index in [0.29, 0.717) is 17.1 Å². The summed E-state index contributed by atoms with van der Waals surface area (Å²) in [6, 6.07) is 15.0. The molecule has 0 radical (unpaired) electrons.